The average Bonchev–Trinajstić information content (AvgIpc) is 3.26. The van der Waals surface area contributed by atoms with Gasteiger partial charge in [0.25, 0.3) is 5.91 Å². The second-order valence-corrected chi connectivity index (χ2v) is 19.8. The van der Waals surface area contributed by atoms with Crippen LogP contribution in [0.5, 0.6) is 0 Å². The number of aliphatic carboxylic acids is 1. The van der Waals surface area contributed by atoms with Gasteiger partial charge in [0.2, 0.25) is 5.91 Å². The van der Waals surface area contributed by atoms with Gasteiger partial charge in [-0.25, -0.2) is 13.2 Å². The highest BCUT2D eigenvalue weighted by Gasteiger charge is 2.53. The summed E-state index contributed by atoms with van der Waals surface area (Å²) in [7, 11) is -9.68. The Balaban J connectivity index is 1.61. The number of aliphatic hydroxyl groups excluding tert-OH is 5. The third-order valence-electron chi connectivity index (χ3n) is 12.7. The fourth-order valence-corrected chi connectivity index (χ4v) is 10.2. The summed E-state index contributed by atoms with van der Waals surface area (Å²) >= 11 is 0. The highest BCUT2D eigenvalue weighted by Crippen LogP contribution is 2.40. The van der Waals surface area contributed by atoms with Gasteiger partial charge in [0.15, 0.2) is 24.8 Å². The van der Waals surface area contributed by atoms with Crippen molar-refractivity contribution < 1.29 is 113 Å². The highest BCUT2D eigenvalue weighted by atomic mass is 32.3. The minimum absolute atomic E-state index is 0.00943. The molecule has 394 valence electrons. The van der Waals surface area contributed by atoms with Gasteiger partial charge in [0.1, 0.15) is 54.6 Å². The molecular weight excluding hydrogens is 957 g/mol. The number of hydrogen-bond donors (Lipinski definition) is 10. The van der Waals surface area contributed by atoms with Gasteiger partial charge in [-0.2, -0.15) is 16.8 Å². The lowest BCUT2D eigenvalue weighted by Gasteiger charge is -2.49. The van der Waals surface area contributed by atoms with Crippen LogP contribution >= 0.6 is 0 Å². The number of carbonyl (C=O) groups excluding carboxylic acids is 3. The first-order valence-electron chi connectivity index (χ1n) is 22.6. The number of methoxy groups -OCH3 is 1. The van der Waals surface area contributed by atoms with Crippen molar-refractivity contribution in [3.8, 4) is 0 Å². The molecule has 26 nitrogen and oxygen atoms in total. The molecule has 0 radical (unpaired) electrons. The van der Waals surface area contributed by atoms with Crippen molar-refractivity contribution in [2.45, 2.75) is 183 Å². The molecule has 2 aliphatic heterocycles. The van der Waals surface area contributed by atoms with Gasteiger partial charge >= 0.3 is 26.8 Å². The van der Waals surface area contributed by atoms with Crippen molar-refractivity contribution in [1.29, 1.82) is 0 Å². The molecule has 2 saturated heterocycles. The zero-order chi connectivity index (χ0) is 50.7. The summed E-state index contributed by atoms with van der Waals surface area (Å²) in [5.41, 5.74) is 0. The number of amides is 2. The molecule has 10 N–H and O–H groups in total. The van der Waals surface area contributed by atoms with Crippen molar-refractivity contribution in [2.75, 3.05) is 26.9 Å². The Labute approximate surface area is 394 Å². The van der Waals surface area contributed by atoms with Gasteiger partial charge in [-0.05, 0) is 44.4 Å². The highest BCUT2D eigenvalue weighted by molar-refractivity contribution is 7.81. The SMILES string of the molecule is CCC1CC(C(=O)CCCNC(=O)[C@H](OS(=O)(=O)O)[C@@H](COC)OS(=O)(=O)O)C[C@@H](O[C@@H]2O[C@@H](CO)[C@H](O)C(O[C@@H](CC3CCCCC3)C(=O)O)C2NC(C)=O)[C@@H]1O[C@@H]1OC(C)[C@@H](O)[C@H](O)C1O. The van der Waals surface area contributed by atoms with E-state index in [1.54, 1.807) is 6.92 Å². The second kappa shape index (κ2) is 26.2. The Kier molecular flexibility index (Phi) is 22.3. The maximum atomic E-state index is 14.0. The molecule has 17 atom stereocenters. The van der Waals surface area contributed by atoms with Gasteiger partial charge in [-0.3, -0.25) is 23.5 Å². The summed E-state index contributed by atoms with van der Waals surface area (Å²) in [5, 5.41) is 68.9. The molecule has 2 saturated carbocycles. The molecule has 6 unspecified atom stereocenters. The molecule has 0 bridgehead atoms. The van der Waals surface area contributed by atoms with E-state index in [9.17, 15) is 71.2 Å². The minimum atomic E-state index is -5.41. The maximum absolute atomic E-state index is 14.0. The number of carboxylic acid groups (broad SMARTS) is 1. The fraction of sp³-hybridized carbons (Fsp3) is 0.900. The summed E-state index contributed by atoms with van der Waals surface area (Å²) in [6.45, 7) is 2.39. The quantitative estimate of drug-likeness (QED) is 0.0346. The first kappa shape index (κ1) is 58.0. The normalized spacial score (nSPS) is 34.3. The summed E-state index contributed by atoms with van der Waals surface area (Å²) < 4.78 is 109. The number of nitrogens with one attached hydrogen (secondary N) is 2. The molecule has 2 amide bonds. The summed E-state index contributed by atoms with van der Waals surface area (Å²) in [6.07, 6.45) is -17.6. The van der Waals surface area contributed by atoms with Gasteiger partial charge in [-0.15, -0.1) is 0 Å². The predicted octanol–water partition coefficient (Wildman–Crippen LogP) is -2.10. The number of hydrogen-bond acceptors (Lipinski definition) is 21. The number of ketones is 1. The Morgan fingerprint density at radius 2 is 1.50 bits per heavy atom. The van der Waals surface area contributed by atoms with E-state index in [0.29, 0.717) is 6.42 Å². The van der Waals surface area contributed by atoms with Crippen LogP contribution < -0.4 is 10.6 Å². The van der Waals surface area contributed by atoms with Crippen LogP contribution in [-0.2, 0) is 76.8 Å². The summed E-state index contributed by atoms with van der Waals surface area (Å²) in [5.74, 6) is -5.11. The number of aliphatic hydroxyl groups is 5. The van der Waals surface area contributed by atoms with E-state index in [4.69, 9.17) is 33.0 Å². The Hall–Kier alpha value is -2.62. The van der Waals surface area contributed by atoms with E-state index in [2.05, 4.69) is 19.0 Å². The lowest BCUT2D eigenvalue weighted by atomic mass is 9.74. The Morgan fingerprint density at radius 1 is 0.838 bits per heavy atom. The van der Waals surface area contributed by atoms with Gasteiger partial charge in [0, 0.05) is 32.9 Å². The third kappa shape index (κ3) is 16.7. The van der Waals surface area contributed by atoms with E-state index in [0.717, 1.165) is 46.1 Å². The second-order valence-electron chi connectivity index (χ2n) is 17.7. The van der Waals surface area contributed by atoms with Crippen LogP contribution in [0.4, 0.5) is 0 Å². The topological polar surface area (TPSA) is 396 Å². The first-order chi connectivity index (χ1) is 31.9. The number of rotatable bonds is 25. The van der Waals surface area contributed by atoms with Crippen LogP contribution in [0.1, 0.15) is 91.4 Å². The van der Waals surface area contributed by atoms with Crippen LogP contribution in [0, 0.1) is 17.8 Å². The average molecular weight is 1030 g/mol. The molecule has 4 fully saturated rings. The summed E-state index contributed by atoms with van der Waals surface area (Å²) in [6, 6.07) is -1.42. The molecular formula is C40H68N2O24S2. The molecule has 2 heterocycles. The minimum Gasteiger partial charge on any atom is -0.479 e. The zero-order valence-electron chi connectivity index (χ0n) is 38.2. The molecule has 0 aromatic heterocycles. The van der Waals surface area contributed by atoms with Crippen LogP contribution in [0.25, 0.3) is 0 Å². The van der Waals surface area contributed by atoms with Crippen molar-refractivity contribution in [3.63, 3.8) is 0 Å². The van der Waals surface area contributed by atoms with Crippen molar-refractivity contribution in [3.05, 3.63) is 0 Å². The van der Waals surface area contributed by atoms with Crippen molar-refractivity contribution in [2.24, 2.45) is 17.8 Å². The van der Waals surface area contributed by atoms with E-state index < -0.39 is 156 Å². The molecule has 4 aliphatic rings. The summed E-state index contributed by atoms with van der Waals surface area (Å²) in [4.78, 5) is 52.4. The van der Waals surface area contributed by atoms with Gasteiger partial charge in [0.05, 0.1) is 31.5 Å². The molecule has 68 heavy (non-hydrogen) atoms. The molecule has 0 aromatic carbocycles. The molecule has 0 aromatic rings. The van der Waals surface area contributed by atoms with Crippen molar-refractivity contribution in [1.82, 2.24) is 10.6 Å². The number of Topliss-reactive ketones (excluding diaryl/α,β-unsaturated/α-hetero) is 1. The van der Waals surface area contributed by atoms with E-state index in [1.807, 2.05) is 0 Å². The predicted molar refractivity (Wildman–Crippen MR) is 227 cm³/mol. The van der Waals surface area contributed by atoms with Crippen LogP contribution in [0.15, 0.2) is 0 Å². The third-order valence-corrected chi connectivity index (χ3v) is 13.7. The van der Waals surface area contributed by atoms with E-state index >= 15 is 0 Å². The van der Waals surface area contributed by atoms with E-state index in [1.165, 1.54) is 6.92 Å². The Bertz CT molecular complexity index is 1870. The number of ether oxygens (including phenoxy) is 6. The molecule has 2 aliphatic carbocycles. The van der Waals surface area contributed by atoms with E-state index in [-0.39, 0.29) is 50.4 Å². The smallest absolute Gasteiger partial charge is 0.398 e. The van der Waals surface area contributed by atoms with Gasteiger partial charge < -0.3 is 69.7 Å². The first-order valence-corrected chi connectivity index (χ1v) is 25.3. The monoisotopic (exact) mass is 1020 g/mol. The molecule has 4 rings (SSSR count). The van der Waals surface area contributed by atoms with Crippen LogP contribution in [-0.4, -0.2) is 199 Å². The zero-order valence-corrected chi connectivity index (χ0v) is 39.9. The largest absolute Gasteiger partial charge is 0.479 e. The number of carboxylic acids is 1. The lowest BCUT2D eigenvalue weighted by Crippen LogP contribution is -2.67. The Morgan fingerprint density at radius 3 is 2.07 bits per heavy atom. The van der Waals surface area contributed by atoms with Crippen LogP contribution in [0.2, 0.25) is 0 Å². The molecule has 28 heteroatoms. The fourth-order valence-electron chi connectivity index (χ4n) is 9.29. The lowest BCUT2D eigenvalue weighted by molar-refractivity contribution is -0.338. The van der Waals surface area contributed by atoms with Crippen LogP contribution in [0.3, 0.4) is 0 Å². The van der Waals surface area contributed by atoms with Crippen molar-refractivity contribution >= 4 is 44.4 Å². The maximum Gasteiger partial charge on any atom is 0.398 e. The molecule has 0 spiro atoms. The standard InChI is InChI=1S/C40H68N2O24S2/c1-5-22-15-23(24(45)12-9-13-41-37(50)35(66-68(56,57)58)28(18-59-4)65-67(53,54)55)16-25(34(22)64-40-33(49)32(48)30(46)19(2)60-40)62-39-29(42-20(3)44)36(31(47)27(17-43)63-39)61-26(38(51)52)14-21-10-7-6-8-11-21/h19,21-23,25-36,39-40,43,46-49H,5-18H2,1-4H3,(H,41,50)(H,42,44)(H,51,52)(H,53,54,55)(H,56,57,58)/t19?,22?,23?,25-,26+,27+,28-,29?,30-,31+,32+,33?,34-,35-,36?,39-,40+/m1/s1. The number of carbonyl (C=O) groups is 4. The van der Waals surface area contributed by atoms with Gasteiger partial charge in [-0.1, -0.05) is 45.4 Å².